The largest absolute Gasteiger partial charge is 0.461 e. The number of halogens is 1. The van der Waals surface area contributed by atoms with Crippen molar-refractivity contribution < 1.29 is 13.9 Å². The number of benzene rings is 1. The van der Waals surface area contributed by atoms with Crippen molar-refractivity contribution in [2.24, 2.45) is 0 Å². The summed E-state index contributed by atoms with van der Waals surface area (Å²) in [7, 11) is 0. The van der Waals surface area contributed by atoms with Gasteiger partial charge in [0, 0.05) is 17.8 Å². The lowest BCUT2D eigenvalue weighted by Gasteiger charge is -2.10. The van der Waals surface area contributed by atoms with Crippen LogP contribution in [0.1, 0.15) is 30.0 Å². The number of rotatable bonds is 3. The van der Waals surface area contributed by atoms with Gasteiger partial charge in [0.25, 0.3) is 0 Å². The van der Waals surface area contributed by atoms with Crippen molar-refractivity contribution in [2.75, 3.05) is 0 Å². The molecule has 2 heterocycles. The van der Waals surface area contributed by atoms with Gasteiger partial charge in [0.1, 0.15) is 11.9 Å². The number of furan rings is 1. The molecule has 0 unspecified atom stereocenters. The highest BCUT2D eigenvalue weighted by molar-refractivity contribution is 5.85. The van der Waals surface area contributed by atoms with E-state index in [0.717, 1.165) is 5.56 Å². The fourth-order valence-corrected chi connectivity index (χ4v) is 2.27. The van der Waals surface area contributed by atoms with Gasteiger partial charge in [-0.15, -0.1) is 0 Å². The first kappa shape index (κ1) is 11.9. The fraction of sp³-hybridized carbons (Fsp3) is 0.214. The lowest BCUT2D eigenvalue weighted by molar-refractivity contribution is 0.212. The number of fused-ring (bicyclic) bond motifs is 1. The van der Waals surface area contributed by atoms with Crippen molar-refractivity contribution in [3.8, 4) is 0 Å². The molecule has 0 fully saturated rings. The Hall–Kier alpha value is -2.14. The molecule has 0 bridgehead atoms. The van der Waals surface area contributed by atoms with Crippen molar-refractivity contribution in [1.29, 1.82) is 0 Å². The Morgan fingerprint density at radius 2 is 2.32 bits per heavy atom. The Labute approximate surface area is 108 Å². The normalized spacial score (nSPS) is 13.0. The monoisotopic (exact) mass is 260 g/mol. The van der Waals surface area contributed by atoms with Crippen molar-refractivity contribution in [2.45, 2.75) is 19.4 Å². The summed E-state index contributed by atoms with van der Waals surface area (Å²) < 4.78 is 19.0. The first-order valence-corrected chi connectivity index (χ1v) is 6.08. The Kier molecular flexibility index (Phi) is 2.83. The molecule has 0 saturated carbocycles. The molecular formula is C14H13FN2O2. The molecule has 0 aliphatic heterocycles. The third-order valence-corrected chi connectivity index (χ3v) is 3.24. The van der Waals surface area contributed by atoms with Gasteiger partial charge in [-0.25, -0.2) is 9.37 Å². The summed E-state index contributed by atoms with van der Waals surface area (Å²) in [6.07, 6.45) is 4.51. The van der Waals surface area contributed by atoms with Gasteiger partial charge in [-0.2, -0.15) is 0 Å². The number of aliphatic hydroxyl groups excluding tert-OH is 1. The smallest absolute Gasteiger partial charge is 0.170 e. The van der Waals surface area contributed by atoms with Crippen LogP contribution in [0.4, 0.5) is 4.39 Å². The SMILES string of the molecule is CCc1coc2c(F)ccc([C@@H](O)c3ncc[nH]3)c12. The van der Waals surface area contributed by atoms with E-state index in [1.165, 1.54) is 12.3 Å². The molecule has 0 amide bonds. The number of nitrogens with zero attached hydrogens (tertiary/aromatic N) is 1. The summed E-state index contributed by atoms with van der Waals surface area (Å²) in [5, 5.41) is 11.0. The molecule has 3 aromatic rings. The standard InChI is InChI=1S/C14H13FN2O2/c1-2-8-7-19-13-10(15)4-3-9(11(8)13)12(18)14-16-5-6-17-14/h3-7,12,18H,2H2,1H3,(H,16,17)/t12-/m1/s1. The summed E-state index contributed by atoms with van der Waals surface area (Å²) in [5.74, 6) is 0.00116. The average molecular weight is 260 g/mol. The summed E-state index contributed by atoms with van der Waals surface area (Å²) in [4.78, 5) is 6.89. The van der Waals surface area contributed by atoms with E-state index in [0.29, 0.717) is 23.2 Å². The number of hydrogen-bond donors (Lipinski definition) is 2. The second kappa shape index (κ2) is 4.51. The predicted octanol–water partition coefficient (Wildman–Crippen LogP) is 2.94. The molecule has 0 spiro atoms. The molecule has 0 aliphatic rings. The molecule has 1 aromatic carbocycles. The molecular weight excluding hydrogens is 247 g/mol. The van der Waals surface area contributed by atoms with E-state index in [-0.39, 0.29) is 5.58 Å². The van der Waals surface area contributed by atoms with Crippen LogP contribution in [0.5, 0.6) is 0 Å². The highest BCUT2D eigenvalue weighted by atomic mass is 19.1. The van der Waals surface area contributed by atoms with Crippen LogP contribution < -0.4 is 0 Å². The van der Waals surface area contributed by atoms with Crippen molar-refractivity contribution in [3.05, 3.63) is 53.6 Å². The third-order valence-electron chi connectivity index (χ3n) is 3.24. The molecule has 2 N–H and O–H groups in total. The van der Waals surface area contributed by atoms with Crippen LogP contribution in [0, 0.1) is 5.82 Å². The van der Waals surface area contributed by atoms with Gasteiger partial charge in [0.15, 0.2) is 11.4 Å². The van der Waals surface area contributed by atoms with Gasteiger partial charge in [-0.05, 0) is 23.6 Å². The van der Waals surface area contributed by atoms with Crippen LogP contribution >= 0.6 is 0 Å². The van der Waals surface area contributed by atoms with Crippen LogP contribution in [-0.4, -0.2) is 15.1 Å². The Morgan fingerprint density at radius 1 is 1.47 bits per heavy atom. The summed E-state index contributed by atoms with van der Waals surface area (Å²) >= 11 is 0. The van der Waals surface area contributed by atoms with Crippen LogP contribution in [0.3, 0.4) is 0 Å². The number of imidazole rings is 1. The second-order valence-electron chi connectivity index (χ2n) is 4.33. The quantitative estimate of drug-likeness (QED) is 0.761. The number of nitrogens with one attached hydrogen (secondary N) is 1. The van der Waals surface area contributed by atoms with E-state index in [1.54, 1.807) is 18.5 Å². The first-order chi connectivity index (χ1) is 9.22. The van der Waals surface area contributed by atoms with Crippen LogP contribution in [-0.2, 0) is 6.42 Å². The van der Waals surface area contributed by atoms with Crippen LogP contribution in [0.25, 0.3) is 11.0 Å². The van der Waals surface area contributed by atoms with Crippen molar-refractivity contribution in [3.63, 3.8) is 0 Å². The van der Waals surface area contributed by atoms with Gasteiger partial charge in [0.05, 0.1) is 6.26 Å². The zero-order chi connectivity index (χ0) is 13.4. The molecule has 1 atom stereocenters. The summed E-state index contributed by atoms with van der Waals surface area (Å²) in [5.41, 5.74) is 1.65. The molecule has 3 rings (SSSR count). The van der Waals surface area contributed by atoms with Gasteiger partial charge in [-0.3, -0.25) is 0 Å². The number of hydrogen-bond acceptors (Lipinski definition) is 3. The minimum Gasteiger partial charge on any atom is -0.461 e. The fourth-order valence-electron chi connectivity index (χ4n) is 2.27. The highest BCUT2D eigenvalue weighted by Crippen LogP contribution is 2.33. The highest BCUT2D eigenvalue weighted by Gasteiger charge is 2.21. The third kappa shape index (κ3) is 1.82. The maximum atomic E-state index is 13.7. The molecule has 0 aliphatic carbocycles. The predicted molar refractivity (Wildman–Crippen MR) is 68.2 cm³/mol. The van der Waals surface area contributed by atoms with Gasteiger partial charge < -0.3 is 14.5 Å². The molecule has 2 aromatic heterocycles. The summed E-state index contributed by atoms with van der Waals surface area (Å²) in [6.45, 7) is 1.96. The van der Waals surface area contributed by atoms with Crippen molar-refractivity contribution >= 4 is 11.0 Å². The molecule has 0 saturated heterocycles. The maximum absolute atomic E-state index is 13.7. The molecule has 98 valence electrons. The van der Waals surface area contributed by atoms with E-state index in [9.17, 15) is 9.50 Å². The number of aliphatic hydroxyl groups is 1. The average Bonchev–Trinajstić information content (AvgIpc) is 3.08. The lowest BCUT2D eigenvalue weighted by atomic mass is 10.00. The van der Waals surface area contributed by atoms with Gasteiger partial charge in [-0.1, -0.05) is 13.0 Å². The molecule has 5 heteroatoms. The minimum atomic E-state index is -0.930. The van der Waals surface area contributed by atoms with Gasteiger partial charge in [0.2, 0.25) is 0 Å². The van der Waals surface area contributed by atoms with E-state index in [4.69, 9.17) is 4.42 Å². The number of aromatic amines is 1. The van der Waals surface area contributed by atoms with E-state index < -0.39 is 11.9 Å². The Balaban J connectivity index is 2.23. The van der Waals surface area contributed by atoms with E-state index in [1.807, 2.05) is 6.92 Å². The molecule has 4 nitrogen and oxygen atoms in total. The Morgan fingerprint density at radius 3 is 3.00 bits per heavy atom. The maximum Gasteiger partial charge on any atom is 0.170 e. The number of aromatic nitrogens is 2. The van der Waals surface area contributed by atoms with Crippen molar-refractivity contribution in [1.82, 2.24) is 9.97 Å². The van der Waals surface area contributed by atoms with Crippen LogP contribution in [0.15, 0.2) is 35.2 Å². The second-order valence-corrected chi connectivity index (χ2v) is 4.33. The number of aryl methyl sites for hydroxylation is 1. The molecule has 19 heavy (non-hydrogen) atoms. The lowest BCUT2D eigenvalue weighted by Crippen LogP contribution is -2.03. The van der Waals surface area contributed by atoms with E-state index in [2.05, 4.69) is 9.97 Å². The zero-order valence-corrected chi connectivity index (χ0v) is 10.4. The minimum absolute atomic E-state index is 0.181. The van der Waals surface area contributed by atoms with Gasteiger partial charge >= 0.3 is 0 Å². The first-order valence-electron chi connectivity index (χ1n) is 6.08. The van der Waals surface area contributed by atoms with Crippen LogP contribution in [0.2, 0.25) is 0 Å². The van der Waals surface area contributed by atoms with E-state index >= 15 is 0 Å². The molecule has 0 radical (unpaired) electrons. The topological polar surface area (TPSA) is 62.1 Å². The Bertz CT molecular complexity index is 704. The number of H-pyrrole nitrogens is 1. The zero-order valence-electron chi connectivity index (χ0n) is 10.4. The summed E-state index contributed by atoms with van der Waals surface area (Å²) in [6, 6.07) is 2.87.